The molecule has 3 nitrogen and oxygen atoms in total. The van der Waals surface area contributed by atoms with Crippen molar-refractivity contribution in [2.24, 2.45) is 0 Å². The van der Waals surface area contributed by atoms with Gasteiger partial charge in [-0.05, 0) is 43.4 Å². The van der Waals surface area contributed by atoms with E-state index >= 15 is 0 Å². The minimum absolute atomic E-state index is 0.0684. The maximum atomic E-state index is 13.1. The van der Waals surface area contributed by atoms with Gasteiger partial charge in [0.15, 0.2) is 0 Å². The van der Waals surface area contributed by atoms with Gasteiger partial charge in [0.1, 0.15) is 5.82 Å². The molecule has 1 aromatic rings. The summed E-state index contributed by atoms with van der Waals surface area (Å²) < 4.78 is 18.5. The van der Waals surface area contributed by atoms with Gasteiger partial charge in [-0.3, -0.25) is 4.79 Å². The third-order valence-corrected chi connectivity index (χ3v) is 4.43. The van der Waals surface area contributed by atoms with Crippen molar-refractivity contribution in [3.63, 3.8) is 0 Å². The molecule has 0 aromatic heterocycles. The van der Waals surface area contributed by atoms with Crippen molar-refractivity contribution in [1.29, 1.82) is 0 Å². The summed E-state index contributed by atoms with van der Waals surface area (Å²) in [7, 11) is 0. The van der Waals surface area contributed by atoms with Crippen LogP contribution in [-0.2, 0) is 14.9 Å². The first-order valence-corrected chi connectivity index (χ1v) is 8.31. The number of hydrogen-bond acceptors (Lipinski definition) is 2. The lowest BCUT2D eigenvalue weighted by molar-refractivity contribution is -0.130. The largest absolute Gasteiger partial charge is 0.381 e. The molecule has 1 saturated carbocycles. The van der Waals surface area contributed by atoms with Gasteiger partial charge in [0.25, 0.3) is 0 Å². The average Bonchev–Trinajstić information content (AvgIpc) is 2.47. The normalized spacial score (nSPS) is 16.1. The SMILES string of the molecule is CCCCOCCCNC(=O)C1(c2ccc(F)cc2)CCC1. The summed E-state index contributed by atoms with van der Waals surface area (Å²) in [6.07, 6.45) is 5.78. The zero-order chi connectivity index (χ0) is 15.8. The molecule has 1 amide bonds. The number of carbonyl (C=O) groups excluding carboxylic acids is 1. The van der Waals surface area contributed by atoms with Crippen LogP contribution in [0.15, 0.2) is 24.3 Å². The van der Waals surface area contributed by atoms with E-state index < -0.39 is 5.41 Å². The lowest BCUT2D eigenvalue weighted by atomic mass is 9.64. The molecule has 1 aromatic carbocycles. The number of unbranched alkanes of at least 4 members (excludes halogenated alkanes) is 1. The van der Waals surface area contributed by atoms with Gasteiger partial charge in [-0.15, -0.1) is 0 Å². The second kappa shape index (κ2) is 8.28. The number of benzene rings is 1. The Morgan fingerprint density at radius 1 is 1.23 bits per heavy atom. The number of halogens is 1. The minimum Gasteiger partial charge on any atom is -0.381 e. The summed E-state index contributed by atoms with van der Waals surface area (Å²) in [5.74, 6) is -0.193. The topological polar surface area (TPSA) is 38.3 Å². The fourth-order valence-corrected chi connectivity index (χ4v) is 2.84. The Kier molecular flexibility index (Phi) is 6.37. The Hall–Kier alpha value is -1.42. The molecule has 0 heterocycles. The van der Waals surface area contributed by atoms with Crippen LogP contribution >= 0.6 is 0 Å². The summed E-state index contributed by atoms with van der Waals surface area (Å²) in [6.45, 7) is 4.25. The fraction of sp³-hybridized carbons (Fsp3) is 0.611. The molecule has 0 radical (unpaired) electrons. The molecule has 0 bridgehead atoms. The zero-order valence-electron chi connectivity index (χ0n) is 13.4. The summed E-state index contributed by atoms with van der Waals surface area (Å²) in [4.78, 5) is 12.5. The molecular weight excluding hydrogens is 281 g/mol. The lowest BCUT2D eigenvalue weighted by Gasteiger charge is -2.40. The number of ether oxygens (including phenoxy) is 1. The van der Waals surface area contributed by atoms with E-state index in [2.05, 4.69) is 12.2 Å². The molecule has 0 atom stereocenters. The molecule has 2 rings (SSSR count). The monoisotopic (exact) mass is 307 g/mol. The van der Waals surface area contributed by atoms with Crippen LogP contribution in [0.2, 0.25) is 0 Å². The Labute approximate surface area is 132 Å². The quantitative estimate of drug-likeness (QED) is 0.708. The molecule has 1 N–H and O–H groups in total. The Bertz CT molecular complexity index is 468. The first-order chi connectivity index (χ1) is 10.7. The summed E-state index contributed by atoms with van der Waals surface area (Å²) in [5.41, 5.74) is 0.480. The van der Waals surface area contributed by atoms with Crippen molar-refractivity contribution >= 4 is 5.91 Å². The van der Waals surface area contributed by atoms with E-state index in [4.69, 9.17) is 4.74 Å². The van der Waals surface area contributed by atoms with Gasteiger partial charge in [0, 0.05) is 19.8 Å². The van der Waals surface area contributed by atoms with Gasteiger partial charge in [0.2, 0.25) is 5.91 Å². The average molecular weight is 307 g/mol. The maximum Gasteiger partial charge on any atom is 0.230 e. The van der Waals surface area contributed by atoms with Gasteiger partial charge >= 0.3 is 0 Å². The highest BCUT2D eigenvalue weighted by Gasteiger charge is 2.45. The smallest absolute Gasteiger partial charge is 0.230 e. The first-order valence-electron chi connectivity index (χ1n) is 8.31. The van der Waals surface area contributed by atoms with Crippen molar-refractivity contribution in [3.05, 3.63) is 35.6 Å². The van der Waals surface area contributed by atoms with E-state index in [1.54, 1.807) is 12.1 Å². The number of amides is 1. The van der Waals surface area contributed by atoms with Crippen molar-refractivity contribution in [1.82, 2.24) is 5.32 Å². The van der Waals surface area contributed by atoms with Gasteiger partial charge in [0.05, 0.1) is 5.41 Å². The number of hydrogen-bond donors (Lipinski definition) is 1. The Morgan fingerprint density at radius 2 is 1.91 bits per heavy atom. The van der Waals surface area contributed by atoms with Gasteiger partial charge in [-0.25, -0.2) is 4.39 Å². The molecule has 4 heteroatoms. The van der Waals surface area contributed by atoms with Gasteiger partial charge < -0.3 is 10.1 Å². The van der Waals surface area contributed by atoms with Crippen molar-refractivity contribution in [3.8, 4) is 0 Å². The number of carbonyl (C=O) groups is 1. The predicted molar refractivity (Wildman–Crippen MR) is 85.3 cm³/mol. The van der Waals surface area contributed by atoms with E-state index in [1.165, 1.54) is 12.1 Å². The van der Waals surface area contributed by atoms with E-state index in [-0.39, 0.29) is 11.7 Å². The van der Waals surface area contributed by atoms with Gasteiger partial charge in [-0.2, -0.15) is 0 Å². The van der Waals surface area contributed by atoms with Crippen LogP contribution in [0.3, 0.4) is 0 Å². The third kappa shape index (κ3) is 4.07. The van der Waals surface area contributed by atoms with Gasteiger partial charge in [-0.1, -0.05) is 31.9 Å². The van der Waals surface area contributed by atoms with Crippen LogP contribution in [0.1, 0.15) is 51.0 Å². The zero-order valence-corrected chi connectivity index (χ0v) is 13.4. The van der Waals surface area contributed by atoms with Crippen LogP contribution in [0.5, 0.6) is 0 Å². The van der Waals surface area contributed by atoms with Crippen LogP contribution in [0.4, 0.5) is 4.39 Å². The highest BCUT2D eigenvalue weighted by molar-refractivity contribution is 5.89. The molecule has 122 valence electrons. The minimum atomic E-state index is -0.448. The van der Waals surface area contributed by atoms with Crippen LogP contribution in [0.25, 0.3) is 0 Å². The Morgan fingerprint density at radius 3 is 2.50 bits per heavy atom. The number of rotatable bonds is 9. The van der Waals surface area contributed by atoms with E-state index in [9.17, 15) is 9.18 Å². The molecule has 1 aliphatic rings. The fourth-order valence-electron chi connectivity index (χ4n) is 2.84. The second-order valence-electron chi connectivity index (χ2n) is 6.02. The number of nitrogens with one attached hydrogen (secondary N) is 1. The molecule has 0 spiro atoms. The molecule has 0 saturated heterocycles. The highest BCUT2D eigenvalue weighted by atomic mass is 19.1. The van der Waals surface area contributed by atoms with Crippen molar-refractivity contribution in [2.75, 3.05) is 19.8 Å². The summed E-state index contributed by atoms with van der Waals surface area (Å²) >= 11 is 0. The summed E-state index contributed by atoms with van der Waals surface area (Å²) in [6, 6.07) is 6.35. The molecular formula is C18H26FNO2. The lowest BCUT2D eigenvalue weighted by Crippen LogP contribution is -2.49. The van der Waals surface area contributed by atoms with Crippen LogP contribution < -0.4 is 5.32 Å². The van der Waals surface area contributed by atoms with Crippen molar-refractivity contribution in [2.45, 2.75) is 50.9 Å². The molecule has 1 aliphatic carbocycles. The van der Waals surface area contributed by atoms with Crippen molar-refractivity contribution < 1.29 is 13.9 Å². The standard InChI is InChI=1S/C18H26FNO2/c1-2-3-13-22-14-5-12-20-17(21)18(10-4-11-18)15-6-8-16(19)9-7-15/h6-9H,2-5,10-14H2,1H3,(H,20,21). The van der Waals surface area contributed by atoms with E-state index in [1.807, 2.05) is 0 Å². The first kappa shape index (κ1) is 16.9. The second-order valence-corrected chi connectivity index (χ2v) is 6.02. The Balaban J connectivity index is 1.78. The molecule has 0 unspecified atom stereocenters. The molecule has 0 aliphatic heterocycles. The predicted octanol–water partition coefficient (Wildman–Crippen LogP) is 3.57. The highest BCUT2D eigenvalue weighted by Crippen LogP contribution is 2.43. The van der Waals surface area contributed by atoms with E-state index in [0.29, 0.717) is 13.2 Å². The maximum absolute atomic E-state index is 13.1. The molecule has 1 fully saturated rings. The third-order valence-electron chi connectivity index (χ3n) is 4.43. The summed E-state index contributed by atoms with van der Waals surface area (Å²) in [5, 5.41) is 3.02. The van der Waals surface area contributed by atoms with Crippen LogP contribution in [0, 0.1) is 5.82 Å². The van der Waals surface area contributed by atoms with Crippen LogP contribution in [-0.4, -0.2) is 25.7 Å². The van der Waals surface area contributed by atoms with E-state index in [0.717, 1.165) is 50.7 Å². The molecule has 22 heavy (non-hydrogen) atoms.